The molecule has 262 valence electrons. The van der Waals surface area contributed by atoms with Crippen molar-refractivity contribution in [3.63, 3.8) is 0 Å². The molecule has 2 aliphatic rings. The molecule has 3 unspecified atom stereocenters. The van der Waals surface area contributed by atoms with Gasteiger partial charge in [-0.05, 0) is 90.8 Å². The molecular formula is C41H47F2N4O3+. The first-order valence-electron chi connectivity index (χ1n) is 17.7. The van der Waals surface area contributed by atoms with Gasteiger partial charge in [0.25, 0.3) is 0 Å². The molecule has 2 amide bonds. The Kier molecular flexibility index (Phi) is 11.4. The molecule has 7 nitrogen and oxygen atoms in total. The van der Waals surface area contributed by atoms with E-state index < -0.39 is 6.10 Å². The average Bonchev–Trinajstić information content (AvgIpc) is 3.12. The number of nitrogens with zero attached hydrogens (tertiary/aromatic N) is 2. The first kappa shape index (κ1) is 35.4. The van der Waals surface area contributed by atoms with Crippen molar-refractivity contribution in [1.29, 1.82) is 0 Å². The summed E-state index contributed by atoms with van der Waals surface area (Å²) in [7, 11) is 0. The summed E-state index contributed by atoms with van der Waals surface area (Å²) in [6.07, 6.45) is 4.02. The first-order chi connectivity index (χ1) is 24.2. The second kappa shape index (κ2) is 16.1. The number of nitrogens with one attached hydrogen (secondary N) is 1. The Labute approximate surface area is 293 Å². The van der Waals surface area contributed by atoms with Crippen LogP contribution in [0.5, 0.6) is 0 Å². The van der Waals surface area contributed by atoms with Crippen LogP contribution in [-0.2, 0) is 29.1 Å². The van der Waals surface area contributed by atoms with Gasteiger partial charge in [0, 0.05) is 24.3 Å². The number of likely N-dealkylation sites (tertiary alicyclic amines) is 1. The Morgan fingerprint density at radius 1 is 0.840 bits per heavy atom. The van der Waals surface area contributed by atoms with E-state index in [-0.39, 0.29) is 35.4 Å². The molecule has 4 aromatic rings. The minimum Gasteiger partial charge on any atom is -0.388 e. The summed E-state index contributed by atoms with van der Waals surface area (Å²) in [4.78, 5) is 28.0. The Morgan fingerprint density at radius 3 is 2.08 bits per heavy atom. The molecule has 0 aliphatic carbocycles. The maximum Gasteiger partial charge on any atom is 0.233 e. The van der Waals surface area contributed by atoms with Gasteiger partial charge >= 0.3 is 0 Å². The highest BCUT2D eigenvalue weighted by molar-refractivity contribution is 6.03. The van der Waals surface area contributed by atoms with Crippen LogP contribution in [0.2, 0.25) is 0 Å². The molecule has 0 aromatic heterocycles. The molecule has 9 heteroatoms. The van der Waals surface area contributed by atoms with Gasteiger partial charge in [0.15, 0.2) is 0 Å². The standard InChI is InChI=1S/C41H46F2N4O3/c42-34-14-12-32(13-15-34)38(48)21-20-37-40(46(41(37)50)36-18-16-35(43)17-19-36)33-10-8-30(9-11-33)27-45-39(49)26-29-4-6-31(7-5-29)28-47(25-22-44)23-2-1-3-24-47/h4-19,37-38,40,48H,1-3,20-28,44H2/p+1. The number of piperidine rings is 1. The molecule has 0 bridgehead atoms. The fourth-order valence-corrected chi connectivity index (χ4v) is 7.64. The quantitative estimate of drug-likeness (QED) is 0.105. The minimum atomic E-state index is -0.831. The third-order valence-electron chi connectivity index (χ3n) is 10.4. The van der Waals surface area contributed by atoms with E-state index in [1.165, 1.54) is 62.2 Å². The van der Waals surface area contributed by atoms with Gasteiger partial charge in [-0.2, -0.15) is 0 Å². The molecule has 0 spiro atoms. The third kappa shape index (κ3) is 8.46. The molecular weight excluding hydrogens is 634 g/mol. The number of benzene rings is 4. The highest BCUT2D eigenvalue weighted by atomic mass is 19.1. The average molecular weight is 682 g/mol. The van der Waals surface area contributed by atoms with Gasteiger partial charge in [-0.25, -0.2) is 8.78 Å². The molecule has 2 saturated heterocycles. The second-order valence-corrected chi connectivity index (χ2v) is 13.9. The van der Waals surface area contributed by atoms with Crippen molar-refractivity contribution in [2.24, 2.45) is 11.7 Å². The predicted octanol–water partition coefficient (Wildman–Crippen LogP) is 6.50. The predicted molar refractivity (Wildman–Crippen MR) is 191 cm³/mol. The smallest absolute Gasteiger partial charge is 0.233 e. The summed E-state index contributed by atoms with van der Waals surface area (Å²) in [5.41, 5.74) is 11.2. The van der Waals surface area contributed by atoms with Crippen molar-refractivity contribution >= 4 is 17.5 Å². The molecule has 4 N–H and O–H groups in total. The summed E-state index contributed by atoms with van der Waals surface area (Å²) < 4.78 is 28.1. The van der Waals surface area contributed by atoms with Crippen LogP contribution < -0.4 is 16.0 Å². The van der Waals surface area contributed by atoms with Gasteiger partial charge in [0.05, 0.1) is 44.1 Å². The molecule has 0 radical (unpaired) electrons. The zero-order valence-corrected chi connectivity index (χ0v) is 28.4. The van der Waals surface area contributed by atoms with Crippen LogP contribution in [0.15, 0.2) is 97.1 Å². The number of carbonyl (C=O) groups excluding carboxylic acids is 2. The van der Waals surface area contributed by atoms with E-state index in [9.17, 15) is 23.5 Å². The van der Waals surface area contributed by atoms with Crippen LogP contribution in [0.3, 0.4) is 0 Å². The normalized spacial score (nSPS) is 19.1. The molecule has 6 rings (SSSR count). The van der Waals surface area contributed by atoms with E-state index in [2.05, 4.69) is 29.6 Å². The van der Waals surface area contributed by atoms with Gasteiger partial charge in [0.1, 0.15) is 18.2 Å². The number of hydrogen-bond donors (Lipinski definition) is 3. The maximum absolute atomic E-state index is 13.7. The van der Waals surface area contributed by atoms with E-state index in [1.807, 2.05) is 24.3 Å². The lowest BCUT2D eigenvalue weighted by Crippen LogP contribution is -2.55. The zero-order chi connectivity index (χ0) is 35.1. The minimum absolute atomic E-state index is 0.0589. The molecule has 2 fully saturated rings. The highest BCUT2D eigenvalue weighted by Gasteiger charge is 2.48. The third-order valence-corrected chi connectivity index (χ3v) is 10.4. The first-order valence-corrected chi connectivity index (χ1v) is 17.7. The van der Waals surface area contributed by atoms with Gasteiger partial charge in [-0.15, -0.1) is 0 Å². The molecule has 50 heavy (non-hydrogen) atoms. The van der Waals surface area contributed by atoms with Crippen molar-refractivity contribution in [3.8, 4) is 0 Å². The highest BCUT2D eigenvalue weighted by Crippen LogP contribution is 2.46. The number of hydrogen-bond acceptors (Lipinski definition) is 4. The summed E-state index contributed by atoms with van der Waals surface area (Å²) in [5.74, 6) is -1.30. The molecule has 3 atom stereocenters. The Balaban J connectivity index is 1.06. The maximum atomic E-state index is 13.7. The second-order valence-electron chi connectivity index (χ2n) is 13.9. The van der Waals surface area contributed by atoms with Gasteiger partial charge < -0.3 is 25.5 Å². The van der Waals surface area contributed by atoms with Crippen molar-refractivity contribution in [1.82, 2.24) is 5.32 Å². The van der Waals surface area contributed by atoms with E-state index in [4.69, 9.17) is 5.73 Å². The summed E-state index contributed by atoms with van der Waals surface area (Å²) in [6, 6.07) is 27.5. The van der Waals surface area contributed by atoms with E-state index in [0.29, 0.717) is 43.6 Å². The summed E-state index contributed by atoms with van der Waals surface area (Å²) in [6.45, 7) is 5.40. The van der Waals surface area contributed by atoms with Gasteiger partial charge in [-0.1, -0.05) is 60.7 Å². The fourth-order valence-electron chi connectivity index (χ4n) is 7.64. The van der Waals surface area contributed by atoms with Crippen LogP contribution in [0, 0.1) is 17.6 Å². The van der Waals surface area contributed by atoms with Crippen LogP contribution in [0.25, 0.3) is 0 Å². The van der Waals surface area contributed by atoms with Crippen molar-refractivity contribution in [3.05, 3.63) is 137 Å². The number of carbonyl (C=O) groups is 2. The van der Waals surface area contributed by atoms with Crippen LogP contribution >= 0.6 is 0 Å². The Hall–Kier alpha value is -4.44. The van der Waals surface area contributed by atoms with Crippen LogP contribution in [0.1, 0.15) is 72.1 Å². The zero-order valence-electron chi connectivity index (χ0n) is 28.4. The Bertz CT molecular complexity index is 1720. The number of anilines is 1. The van der Waals surface area contributed by atoms with E-state index in [0.717, 1.165) is 34.3 Å². The van der Waals surface area contributed by atoms with Gasteiger partial charge in [-0.3, -0.25) is 9.59 Å². The van der Waals surface area contributed by atoms with E-state index in [1.54, 1.807) is 29.2 Å². The number of amides is 2. The lowest BCUT2D eigenvalue weighted by molar-refractivity contribution is -0.943. The SMILES string of the molecule is NCC[N+]1(Cc2ccc(CC(=O)NCc3ccc(C4C(CCC(O)c5ccc(F)cc5)C(=O)N4c4ccc(F)cc4)cc3)cc2)CCCCC1. The van der Waals surface area contributed by atoms with Crippen LogP contribution in [-0.4, -0.2) is 47.6 Å². The van der Waals surface area contributed by atoms with Crippen molar-refractivity contribution < 1.29 is 28.0 Å². The number of aliphatic hydroxyl groups is 1. The van der Waals surface area contributed by atoms with Crippen molar-refractivity contribution in [2.45, 2.75) is 63.8 Å². The number of rotatable bonds is 14. The van der Waals surface area contributed by atoms with E-state index >= 15 is 0 Å². The summed E-state index contributed by atoms with van der Waals surface area (Å²) >= 11 is 0. The lowest BCUT2D eigenvalue weighted by atomic mass is 9.78. The number of quaternary nitrogens is 1. The largest absolute Gasteiger partial charge is 0.388 e. The molecule has 2 heterocycles. The lowest BCUT2D eigenvalue weighted by Gasteiger charge is -2.48. The van der Waals surface area contributed by atoms with Crippen molar-refractivity contribution in [2.75, 3.05) is 31.1 Å². The summed E-state index contributed by atoms with van der Waals surface area (Å²) in [5, 5.41) is 13.8. The van der Waals surface area contributed by atoms with Crippen LogP contribution in [0.4, 0.5) is 14.5 Å². The van der Waals surface area contributed by atoms with Gasteiger partial charge in [0.2, 0.25) is 11.8 Å². The molecule has 2 aliphatic heterocycles. The Morgan fingerprint density at radius 2 is 1.44 bits per heavy atom. The fraction of sp³-hybridized carbons (Fsp3) is 0.366. The topological polar surface area (TPSA) is 95.7 Å². The molecule has 4 aromatic carbocycles. The number of nitrogens with two attached hydrogens (primary N) is 1. The number of halogens is 2. The number of β-lactam (4-membered cyclic amide) rings is 1. The molecule has 0 saturated carbocycles. The monoisotopic (exact) mass is 681 g/mol. The number of aliphatic hydroxyl groups excluding tert-OH is 1.